The lowest BCUT2D eigenvalue weighted by molar-refractivity contribution is 0.601. The SMILES string of the molecule is N#Cc1ccc(S(=O)(=O)Nc2cc(Br)cnc2Cl)cc1. The quantitative estimate of drug-likeness (QED) is 0.839. The minimum atomic E-state index is -3.78. The molecule has 0 saturated carbocycles. The van der Waals surface area contributed by atoms with Crippen molar-refractivity contribution in [1.29, 1.82) is 5.26 Å². The second-order valence-corrected chi connectivity index (χ2v) is 6.69. The van der Waals surface area contributed by atoms with Gasteiger partial charge in [-0.15, -0.1) is 0 Å². The van der Waals surface area contributed by atoms with E-state index < -0.39 is 10.0 Å². The van der Waals surface area contributed by atoms with Gasteiger partial charge in [-0.1, -0.05) is 11.6 Å². The van der Waals surface area contributed by atoms with Gasteiger partial charge in [-0.3, -0.25) is 4.72 Å². The van der Waals surface area contributed by atoms with E-state index in [2.05, 4.69) is 25.6 Å². The lowest BCUT2D eigenvalue weighted by atomic mass is 10.2. The summed E-state index contributed by atoms with van der Waals surface area (Å²) in [7, 11) is -3.78. The number of hydrogen-bond acceptors (Lipinski definition) is 4. The molecule has 1 aromatic heterocycles. The maximum absolute atomic E-state index is 12.2. The molecule has 20 heavy (non-hydrogen) atoms. The van der Waals surface area contributed by atoms with Crippen molar-refractivity contribution in [3.8, 4) is 6.07 Å². The standard InChI is InChI=1S/C12H7BrClN3O2S/c13-9-5-11(12(14)16-7-9)17-20(18,19)10-3-1-8(6-15)2-4-10/h1-5,7,17H. The van der Waals surface area contributed by atoms with Crippen LogP contribution in [0.25, 0.3) is 0 Å². The van der Waals surface area contributed by atoms with Gasteiger partial charge >= 0.3 is 0 Å². The molecule has 0 aliphatic heterocycles. The molecule has 0 spiro atoms. The summed E-state index contributed by atoms with van der Waals surface area (Å²) >= 11 is 9.02. The molecule has 0 saturated heterocycles. The van der Waals surface area contributed by atoms with Gasteiger partial charge in [0.15, 0.2) is 5.15 Å². The summed E-state index contributed by atoms with van der Waals surface area (Å²) in [5.74, 6) is 0. The predicted octanol–water partition coefficient (Wildman–Crippen LogP) is 3.17. The molecule has 5 nitrogen and oxygen atoms in total. The summed E-state index contributed by atoms with van der Waals surface area (Å²) in [5.41, 5.74) is 0.552. The minimum absolute atomic E-state index is 0.0348. The normalized spacial score (nSPS) is 10.8. The maximum atomic E-state index is 12.2. The van der Waals surface area contributed by atoms with E-state index in [4.69, 9.17) is 16.9 Å². The van der Waals surface area contributed by atoms with Crippen molar-refractivity contribution >= 4 is 43.2 Å². The molecule has 102 valence electrons. The van der Waals surface area contributed by atoms with Gasteiger partial charge in [0.1, 0.15) is 0 Å². The lowest BCUT2D eigenvalue weighted by Gasteiger charge is -2.09. The third-order valence-corrected chi connectivity index (χ3v) is 4.46. The number of sulfonamides is 1. The molecule has 0 aliphatic rings. The van der Waals surface area contributed by atoms with Crippen LogP contribution in [0.4, 0.5) is 5.69 Å². The Morgan fingerprint density at radius 1 is 1.30 bits per heavy atom. The molecule has 0 atom stereocenters. The van der Waals surface area contributed by atoms with Crippen LogP contribution in [0, 0.1) is 11.3 Å². The number of halogens is 2. The number of anilines is 1. The summed E-state index contributed by atoms with van der Waals surface area (Å²) in [6, 6.07) is 8.98. The van der Waals surface area contributed by atoms with Crippen LogP contribution in [0.2, 0.25) is 5.15 Å². The lowest BCUT2D eigenvalue weighted by Crippen LogP contribution is -2.13. The fourth-order valence-corrected chi connectivity index (χ4v) is 3.00. The van der Waals surface area contributed by atoms with Crippen molar-refractivity contribution in [3.63, 3.8) is 0 Å². The van der Waals surface area contributed by atoms with E-state index in [0.29, 0.717) is 10.0 Å². The number of aromatic nitrogens is 1. The summed E-state index contributed by atoms with van der Waals surface area (Å²) in [6.07, 6.45) is 1.46. The van der Waals surface area contributed by atoms with Crippen molar-refractivity contribution in [3.05, 3.63) is 51.7 Å². The monoisotopic (exact) mass is 371 g/mol. The van der Waals surface area contributed by atoms with Crippen LogP contribution in [0.5, 0.6) is 0 Å². The molecule has 2 aromatic rings. The molecule has 1 aromatic carbocycles. The highest BCUT2D eigenvalue weighted by Crippen LogP contribution is 2.25. The number of hydrogen-bond donors (Lipinski definition) is 1. The average Bonchev–Trinajstić information content (AvgIpc) is 2.43. The highest BCUT2D eigenvalue weighted by atomic mass is 79.9. The Hall–Kier alpha value is -1.62. The van der Waals surface area contributed by atoms with Gasteiger partial charge in [-0.05, 0) is 46.3 Å². The topological polar surface area (TPSA) is 82.8 Å². The number of nitrogens with zero attached hydrogens (tertiary/aromatic N) is 2. The van der Waals surface area contributed by atoms with Crippen LogP contribution in [0.3, 0.4) is 0 Å². The Bertz CT molecular complexity index is 785. The molecule has 0 bridgehead atoms. The van der Waals surface area contributed by atoms with Crippen LogP contribution in [-0.4, -0.2) is 13.4 Å². The van der Waals surface area contributed by atoms with E-state index in [0.717, 1.165) is 0 Å². The fraction of sp³-hybridized carbons (Fsp3) is 0. The molecular formula is C12H7BrClN3O2S. The molecule has 1 N–H and O–H groups in total. The zero-order chi connectivity index (χ0) is 14.8. The average molecular weight is 373 g/mol. The molecule has 0 unspecified atom stereocenters. The minimum Gasteiger partial charge on any atom is -0.276 e. The highest BCUT2D eigenvalue weighted by Gasteiger charge is 2.16. The van der Waals surface area contributed by atoms with Crippen molar-refractivity contribution in [2.24, 2.45) is 0 Å². The first-order chi connectivity index (χ1) is 9.42. The smallest absolute Gasteiger partial charge is 0.261 e. The van der Waals surface area contributed by atoms with Crippen LogP contribution < -0.4 is 4.72 Å². The Morgan fingerprint density at radius 2 is 1.95 bits per heavy atom. The summed E-state index contributed by atoms with van der Waals surface area (Å²) in [4.78, 5) is 3.87. The number of nitriles is 1. The van der Waals surface area contributed by atoms with Gasteiger partial charge in [0.05, 0.1) is 22.2 Å². The van der Waals surface area contributed by atoms with E-state index >= 15 is 0 Å². The Labute approximate surface area is 129 Å². The number of pyridine rings is 1. The molecule has 2 rings (SSSR count). The van der Waals surface area contributed by atoms with E-state index in [1.165, 1.54) is 36.5 Å². The van der Waals surface area contributed by atoms with Crippen molar-refractivity contribution < 1.29 is 8.42 Å². The molecule has 0 aliphatic carbocycles. The Morgan fingerprint density at radius 3 is 2.55 bits per heavy atom. The Balaban J connectivity index is 2.35. The second kappa shape index (κ2) is 5.79. The third-order valence-electron chi connectivity index (χ3n) is 2.34. The summed E-state index contributed by atoms with van der Waals surface area (Å²) in [5, 5.41) is 8.73. The van der Waals surface area contributed by atoms with Crippen molar-refractivity contribution in [1.82, 2.24) is 4.98 Å². The predicted molar refractivity (Wildman–Crippen MR) is 78.9 cm³/mol. The molecule has 1 heterocycles. The van der Waals surface area contributed by atoms with Crippen molar-refractivity contribution in [2.75, 3.05) is 4.72 Å². The van der Waals surface area contributed by atoms with Crippen molar-refractivity contribution in [2.45, 2.75) is 4.90 Å². The van der Waals surface area contributed by atoms with Gasteiger partial charge in [0.2, 0.25) is 0 Å². The van der Waals surface area contributed by atoms with Crippen LogP contribution >= 0.6 is 27.5 Å². The van der Waals surface area contributed by atoms with Crippen LogP contribution in [0.15, 0.2) is 45.9 Å². The van der Waals surface area contributed by atoms with Gasteiger partial charge < -0.3 is 0 Å². The zero-order valence-corrected chi connectivity index (χ0v) is 13.0. The first-order valence-corrected chi connectivity index (χ1v) is 7.92. The number of nitrogens with one attached hydrogen (secondary N) is 1. The highest BCUT2D eigenvalue weighted by molar-refractivity contribution is 9.10. The van der Waals surface area contributed by atoms with E-state index in [1.54, 1.807) is 0 Å². The van der Waals surface area contributed by atoms with Gasteiger partial charge in [-0.25, -0.2) is 13.4 Å². The Kier molecular flexibility index (Phi) is 4.28. The molecule has 0 amide bonds. The first kappa shape index (κ1) is 14.8. The van der Waals surface area contributed by atoms with Crippen LogP contribution in [-0.2, 0) is 10.0 Å². The second-order valence-electron chi connectivity index (χ2n) is 3.73. The van der Waals surface area contributed by atoms with E-state index in [1.807, 2.05) is 6.07 Å². The van der Waals surface area contributed by atoms with Crippen LogP contribution in [0.1, 0.15) is 5.56 Å². The summed E-state index contributed by atoms with van der Waals surface area (Å²) in [6.45, 7) is 0. The third kappa shape index (κ3) is 3.28. The maximum Gasteiger partial charge on any atom is 0.261 e. The zero-order valence-electron chi connectivity index (χ0n) is 9.84. The van der Waals surface area contributed by atoms with Gasteiger partial charge in [0.25, 0.3) is 10.0 Å². The first-order valence-electron chi connectivity index (χ1n) is 5.26. The van der Waals surface area contributed by atoms with Gasteiger partial charge in [0, 0.05) is 10.7 Å². The molecule has 8 heteroatoms. The van der Waals surface area contributed by atoms with Gasteiger partial charge in [-0.2, -0.15) is 5.26 Å². The van der Waals surface area contributed by atoms with E-state index in [-0.39, 0.29) is 15.7 Å². The molecular weight excluding hydrogens is 366 g/mol. The summed E-state index contributed by atoms with van der Waals surface area (Å²) < 4.78 is 27.3. The largest absolute Gasteiger partial charge is 0.276 e. The fourth-order valence-electron chi connectivity index (χ4n) is 1.41. The molecule has 0 fully saturated rings. The number of rotatable bonds is 3. The molecule has 0 radical (unpaired) electrons. The number of benzene rings is 1. The van der Waals surface area contributed by atoms with E-state index in [9.17, 15) is 8.42 Å².